The topological polar surface area (TPSA) is 68.7 Å². The molecular weight excluding hydrogens is 412 g/mol. The number of ether oxygens (including phenoxy) is 2. The summed E-state index contributed by atoms with van der Waals surface area (Å²) in [6, 6.07) is 14.7. The second-order valence-electron chi connectivity index (χ2n) is 8.09. The van der Waals surface area contributed by atoms with E-state index in [1.54, 1.807) is 24.3 Å². The molecule has 1 spiro atoms. The number of aromatic nitrogens is 1. The molecule has 2 aromatic carbocycles. The Morgan fingerprint density at radius 1 is 1.03 bits per heavy atom. The largest absolute Gasteiger partial charge is 0.369 e. The molecule has 2 saturated heterocycles. The fourth-order valence-electron chi connectivity index (χ4n) is 4.53. The molecule has 0 N–H and O–H groups in total. The Balaban J connectivity index is 1.66. The fraction of sp³-hybridized carbons (Fsp3) is 0.375. The molecular formula is C24H26N2O4S. The van der Waals surface area contributed by atoms with Gasteiger partial charge in [-0.25, -0.2) is 8.42 Å². The zero-order valence-electron chi connectivity index (χ0n) is 17.6. The number of benzene rings is 2. The van der Waals surface area contributed by atoms with Crippen LogP contribution in [0.2, 0.25) is 0 Å². The van der Waals surface area contributed by atoms with Crippen LogP contribution >= 0.6 is 0 Å². The predicted molar refractivity (Wildman–Crippen MR) is 119 cm³/mol. The van der Waals surface area contributed by atoms with Crippen LogP contribution in [0.15, 0.2) is 64.5 Å². The van der Waals surface area contributed by atoms with Gasteiger partial charge in [-0.1, -0.05) is 31.2 Å². The maximum Gasteiger partial charge on any atom is 0.210 e. The molecule has 1 aromatic heterocycles. The first kappa shape index (κ1) is 20.4. The number of sulfone groups is 1. The monoisotopic (exact) mass is 438 g/mol. The molecule has 2 fully saturated rings. The van der Waals surface area contributed by atoms with Crippen molar-refractivity contribution in [2.24, 2.45) is 0 Å². The highest BCUT2D eigenvalue weighted by Gasteiger charge is 2.41. The average molecular weight is 439 g/mol. The second kappa shape index (κ2) is 7.89. The second-order valence-corrected chi connectivity index (χ2v) is 10.0. The highest BCUT2D eigenvalue weighted by molar-refractivity contribution is 7.91. The van der Waals surface area contributed by atoms with Gasteiger partial charge in [0.25, 0.3) is 0 Å². The number of pyridine rings is 1. The van der Waals surface area contributed by atoms with Gasteiger partial charge in [0, 0.05) is 37.5 Å². The zero-order valence-corrected chi connectivity index (χ0v) is 18.4. The number of hydrogen-bond donors (Lipinski definition) is 0. The molecule has 0 unspecified atom stereocenters. The molecule has 0 amide bonds. The number of anilines is 1. The molecule has 2 aliphatic heterocycles. The molecule has 3 heterocycles. The van der Waals surface area contributed by atoms with Crippen molar-refractivity contribution in [3.8, 4) is 0 Å². The Bertz CT molecular complexity index is 1190. The van der Waals surface area contributed by atoms with Gasteiger partial charge in [0.15, 0.2) is 5.79 Å². The number of rotatable bonds is 4. The van der Waals surface area contributed by atoms with Crippen molar-refractivity contribution < 1.29 is 17.9 Å². The first-order valence-electron chi connectivity index (χ1n) is 10.8. The van der Waals surface area contributed by atoms with Crippen molar-refractivity contribution in [3.05, 3.63) is 60.3 Å². The van der Waals surface area contributed by atoms with Gasteiger partial charge >= 0.3 is 0 Å². The van der Waals surface area contributed by atoms with Gasteiger partial charge in [-0.3, -0.25) is 4.98 Å². The van der Waals surface area contributed by atoms with Crippen LogP contribution in [-0.4, -0.2) is 45.5 Å². The summed E-state index contributed by atoms with van der Waals surface area (Å²) in [6.07, 6.45) is 3.79. The third kappa shape index (κ3) is 3.60. The van der Waals surface area contributed by atoms with Crippen LogP contribution in [0.25, 0.3) is 10.9 Å². The third-order valence-corrected chi connectivity index (χ3v) is 8.05. The van der Waals surface area contributed by atoms with E-state index in [1.807, 2.05) is 12.1 Å². The van der Waals surface area contributed by atoms with Crippen molar-refractivity contribution in [1.29, 1.82) is 0 Å². The fourth-order valence-corrected chi connectivity index (χ4v) is 5.99. The standard InChI is InChI=1S/C24H26N2O4S/c1-2-18-8-9-21-20(16-18)23(26-12-10-24(11-13-26)29-14-15-30-24)22(17-25-21)31(27,28)19-6-4-3-5-7-19/h3-9,16-17H,2,10-15H2,1H3. The lowest BCUT2D eigenvalue weighted by Gasteiger charge is -2.39. The smallest absolute Gasteiger partial charge is 0.210 e. The van der Waals surface area contributed by atoms with Crippen molar-refractivity contribution in [1.82, 2.24) is 4.98 Å². The van der Waals surface area contributed by atoms with Crippen molar-refractivity contribution >= 4 is 26.4 Å². The van der Waals surface area contributed by atoms with E-state index in [2.05, 4.69) is 28.9 Å². The van der Waals surface area contributed by atoms with E-state index in [4.69, 9.17) is 9.47 Å². The van der Waals surface area contributed by atoms with E-state index in [9.17, 15) is 8.42 Å². The van der Waals surface area contributed by atoms with Gasteiger partial charge in [-0.05, 0) is 36.2 Å². The van der Waals surface area contributed by atoms with Gasteiger partial charge < -0.3 is 14.4 Å². The predicted octanol–water partition coefficient (Wildman–Crippen LogP) is 3.97. The molecule has 162 valence electrons. The molecule has 2 aliphatic rings. The summed E-state index contributed by atoms with van der Waals surface area (Å²) in [6.45, 7) is 4.65. The molecule has 0 aliphatic carbocycles. The average Bonchev–Trinajstić information content (AvgIpc) is 3.27. The summed E-state index contributed by atoms with van der Waals surface area (Å²) in [4.78, 5) is 7.21. The van der Waals surface area contributed by atoms with Crippen molar-refractivity contribution in [2.45, 2.75) is 41.8 Å². The lowest BCUT2D eigenvalue weighted by Crippen LogP contribution is -2.45. The van der Waals surface area contributed by atoms with Crippen LogP contribution < -0.4 is 4.90 Å². The number of nitrogens with zero attached hydrogens (tertiary/aromatic N) is 2. The Kier molecular flexibility index (Phi) is 5.20. The SMILES string of the molecule is CCc1ccc2ncc(S(=O)(=O)c3ccccc3)c(N3CCC4(CC3)OCCO4)c2c1. The van der Waals surface area contributed by atoms with Crippen LogP contribution in [0, 0.1) is 0 Å². The van der Waals surface area contributed by atoms with E-state index >= 15 is 0 Å². The summed E-state index contributed by atoms with van der Waals surface area (Å²) >= 11 is 0. The maximum absolute atomic E-state index is 13.6. The molecule has 6 nitrogen and oxygen atoms in total. The Morgan fingerprint density at radius 3 is 2.42 bits per heavy atom. The van der Waals surface area contributed by atoms with Crippen LogP contribution in [-0.2, 0) is 25.7 Å². The summed E-state index contributed by atoms with van der Waals surface area (Å²) in [5.41, 5.74) is 2.69. The highest BCUT2D eigenvalue weighted by Crippen LogP contribution is 2.40. The maximum atomic E-state index is 13.6. The normalized spacial score (nSPS) is 18.7. The van der Waals surface area contributed by atoms with Gasteiger partial charge in [0.1, 0.15) is 4.90 Å². The number of piperidine rings is 1. The first-order valence-corrected chi connectivity index (χ1v) is 12.3. The number of aryl methyl sites for hydroxylation is 1. The molecule has 0 atom stereocenters. The van der Waals surface area contributed by atoms with Crippen molar-refractivity contribution in [2.75, 3.05) is 31.2 Å². The van der Waals surface area contributed by atoms with Crippen LogP contribution in [0.1, 0.15) is 25.3 Å². The summed E-state index contributed by atoms with van der Waals surface area (Å²) < 4.78 is 39.0. The summed E-state index contributed by atoms with van der Waals surface area (Å²) in [7, 11) is -3.72. The minimum atomic E-state index is -3.72. The number of hydrogen-bond acceptors (Lipinski definition) is 6. The van der Waals surface area contributed by atoms with Gasteiger partial charge in [0.2, 0.25) is 9.84 Å². The van der Waals surface area contributed by atoms with Crippen molar-refractivity contribution in [3.63, 3.8) is 0 Å². The van der Waals surface area contributed by atoms with Gasteiger partial charge in [-0.15, -0.1) is 0 Å². The van der Waals surface area contributed by atoms with E-state index < -0.39 is 15.6 Å². The molecule has 5 rings (SSSR count). The first-order chi connectivity index (χ1) is 15.0. The zero-order chi connectivity index (χ0) is 21.5. The lowest BCUT2D eigenvalue weighted by atomic mass is 10.0. The quantitative estimate of drug-likeness (QED) is 0.614. The molecule has 31 heavy (non-hydrogen) atoms. The molecule has 7 heteroatoms. The van der Waals surface area contributed by atoms with E-state index in [1.165, 1.54) is 6.20 Å². The van der Waals surface area contributed by atoms with Gasteiger partial charge in [-0.2, -0.15) is 0 Å². The van der Waals surface area contributed by atoms with E-state index in [0.29, 0.717) is 39.1 Å². The summed E-state index contributed by atoms with van der Waals surface area (Å²) in [5.74, 6) is -0.521. The molecule has 0 bridgehead atoms. The molecule has 0 saturated carbocycles. The lowest BCUT2D eigenvalue weighted by molar-refractivity contribution is -0.169. The number of fused-ring (bicyclic) bond motifs is 1. The molecule has 3 aromatic rings. The highest BCUT2D eigenvalue weighted by atomic mass is 32.2. The van der Waals surface area contributed by atoms with E-state index in [-0.39, 0.29) is 9.79 Å². The van der Waals surface area contributed by atoms with Crippen LogP contribution in [0.4, 0.5) is 5.69 Å². The van der Waals surface area contributed by atoms with E-state index in [0.717, 1.165) is 28.6 Å². The van der Waals surface area contributed by atoms with Gasteiger partial charge in [0.05, 0.1) is 29.3 Å². The van der Waals surface area contributed by atoms with Crippen LogP contribution in [0.5, 0.6) is 0 Å². The minimum absolute atomic E-state index is 0.253. The summed E-state index contributed by atoms with van der Waals surface area (Å²) in [5, 5.41) is 0.876. The Labute approximate surface area is 182 Å². The van der Waals surface area contributed by atoms with Crippen LogP contribution in [0.3, 0.4) is 0 Å². The Hall–Kier alpha value is -2.48. The molecule has 0 radical (unpaired) electrons. The minimum Gasteiger partial charge on any atom is -0.369 e. The Morgan fingerprint density at radius 2 is 1.74 bits per heavy atom. The third-order valence-electron chi connectivity index (χ3n) is 6.28.